The van der Waals surface area contributed by atoms with Crippen LogP contribution in [0.2, 0.25) is 0 Å². The summed E-state index contributed by atoms with van der Waals surface area (Å²) in [7, 11) is 0. The van der Waals surface area contributed by atoms with Crippen molar-refractivity contribution in [3.05, 3.63) is 223 Å². The summed E-state index contributed by atoms with van der Waals surface area (Å²) in [5, 5.41) is 1.91. The van der Waals surface area contributed by atoms with Gasteiger partial charge in [0.2, 0.25) is 0 Å². The molecule has 0 bridgehead atoms. The molecule has 0 N–H and O–H groups in total. The number of ether oxygens (including phenoxy) is 1. The fraction of sp³-hybridized carbons (Fsp3) is 0.161. The first kappa shape index (κ1) is 30.3. The number of allylic oxidation sites excluding steroid dienone is 4. The normalized spacial score (nSPS) is 18.6. The van der Waals surface area contributed by atoms with Crippen molar-refractivity contribution in [2.45, 2.75) is 64.7 Å². The Morgan fingerprint density at radius 1 is 0.691 bits per heavy atom. The average Bonchev–Trinajstić information content (AvgIpc) is 2.13. The third-order valence-corrected chi connectivity index (χ3v) is 12.0. The predicted molar refractivity (Wildman–Crippen MR) is 274 cm³/mol. The summed E-state index contributed by atoms with van der Waals surface area (Å²) < 4.78 is 145. The molecule has 3 heterocycles. The molecule has 2 unspecified atom stereocenters. The van der Waals surface area contributed by atoms with Gasteiger partial charge >= 0.3 is 0 Å². The molecule has 7 aromatic carbocycles. The van der Waals surface area contributed by atoms with E-state index in [1.54, 1.807) is 59.3 Å². The number of imidazole rings is 1. The summed E-state index contributed by atoms with van der Waals surface area (Å²) in [6, 6.07) is 28.4. The molecule has 0 aliphatic heterocycles. The van der Waals surface area contributed by atoms with Crippen LogP contribution in [0, 0.1) is 18.5 Å². The van der Waals surface area contributed by atoms with Crippen LogP contribution in [0.4, 0.5) is 0 Å². The summed E-state index contributed by atoms with van der Waals surface area (Å²) in [6.07, 6.45) is 3.61. The van der Waals surface area contributed by atoms with E-state index in [1.165, 1.54) is 4.57 Å². The van der Waals surface area contributed by atoms with Gasteiger partial charge in [-0.1, -0.05) is 174 Å². The topological polar surface area (TPSA) is 35.9 Å². The van der Waals surface area contributed by atoms with Gasteiger partial charge in [-0.2, -0.15) is 18.2 Å². The fourth-order valence-corrected chi connectivity index (χ4v) is 8.56. The number of rotatable bonds is 8. The van der Waals surface area contributed by atoms with E-state index in [0.29, 0.717) is 39.4 Å². The van der Waals surface area contributed by atoms with Crippen molar-refractivity contribution in [2.24, 2.45) is 0 Å². The molecule has 0 spiro atoms. The summed E-state index contributed by atoms with van der Waals surface area (Å²) in [5.74, 6) is -0.136. The van der Waals surface area contributed by atoms with Crippen molar-refractivity contribution in [2.75, 3.05) is 0 Å². The first-order chi connectivity index (χ1) is 38.7. The van der Waals surface area contributed by atoms with Gasteiger partial charge in [0, 0.05) is 51.6 Å². The molecule has 0 amide bonds. The van der Waals surface area contributed by atoms with E-state index in [4.69, 9.17) is 24.8 Å². The summed E-state index contributed by atoms with van der Waals surface area (Å²) in [5.41, 5.74) is 3.49. The van der Waals surface area contributed by atoms with Crippen molar-refractivity contribution in [1.29, 1.82) is 0 Å². The molecule has 3 aromatic heterocycles. The number of fused-ring (bicyclic) bond motifs is 4. The van der Waals surface area contributed by atoms with E-state index >= 15 is 0 Å². The standard InChI is InChI=1S/C62H52N4O.Pt/c1-61(2,3)46-33-34-63-59(38-46)66-55-28-17-16-27-51(55)52-31-30-50(40-57(52)66)67-49-26-18-25-48(39-49)64-41-65(56-32-29-45(35-58(56)64)42-19-10-7-11-20-42)60-53(43-21-12-8-13-22-43)36-47(62(4,5)6)37-54(60)44-23-14-9-15-24-44;/h7-23,25-38,44H,24H2,1-6H3;/q-2;/i7D,8D,9D,10D,11D,12D,13D,14D,15D,19D,20D,21D,22D,23D,24D;. The van der Waals surface area contributed by atoms with E-state index in [9.17, 15) is 5.48 Å². The molecule has 1 aliphatic carbocycles. The van der Waals surface area contributed by atoms with Gasteiger partial charge in [-0.05, 0) is 91.5 Å². The first-order valence-electron chi connectivity index (χ1n) is 29.5. The Kier molecular flexibility index (Phi) is 7.97. The Morgan fingerprint density at radius 2 is 1.44 bits per heavy atom. The van der Waals surface area contributed by atoms with Crippen LogP contribution in [0.1, 0.15) is 91.1 Å². The maximum atomic E-state index is 9.46. The maximum absolute atomic E-state index is 9.46. The number of hydrogen-bond acceptors (Lipinski definition) is 2. The number of hydrogen-bond donors (Lipinski definition) is 0. The minimum absolute atomic E-state index is 0. The van der Waals surface area contributed by atoms with Crippen LogP contribution in [0.15, 0.2) is 188 Å². The zero-order chi connectivity index (χ0) is 58.9. The van der Waals surface area contributed by atoms with Crippen molar-refractivity contribution in [1.82, 2.24) is 14.1 Å². The monoisotopic (exact) mass is 1080 g/mol. The van der Waals surface area contributed by atoms with Crippen LogP contribution in [0.5, 0.6) is 11.5 Å². The van der Waals surface area contributed by atoms with Gasteiger partial charge in [0.25, 0.3) is 6.33 Å². The smallest absolute Gasteiger partial charge is 0.268 e. The SMILES string of the molecule is [2H]C1=C([2H])C([2H])C(c2cc(C(C)(C)C)cc(-c3c([2H])c([2H])c([2H])c([2H])c3[2H])c2-[n+]2[c-]n(-c3[c-]c(Oc4[c-]c5c(cc4)c4ccccc4n5-c4cc(C(C)(C)C)ccn4)ccc3)c3cc(-c4c([2H])c([2H])c([2H])c([2H])c4[2H])ccc32)C([2H])=C1[2H].[Pt]. The molecule has 2 atom stereocenters. The Balaban J connectivity index is 0.00000769. The number of nitrogens with zero attached hydrogens (tertiary/aromatic N) is 4. The van der Waals surface area contributed by atoms with Crippen molar-refractivity contribution >= 4 is 32.8 Å². The number of para-hydroxylation sites is 1. The molecule has 11 rings (SSSR count). The molecule has 5 nitrogen and oxygen atoms in total. The van der Waals surface area contributed by atoms with Crippen LogP contribution in [-0.4, -0.2) is 14.1 Å². The van der Waals surface area contributed by atoms with E-state index in [0.717, 1.165) is 21.9 Å². The van der Waals surface area contributed by atoms with Crippen molar-refractivity contribution in [3.8, 4) is 50.9 Å². The molecule has 6 heteroatoms. The number of aromatic nitrogens is 4. The van der Waals surface area contributed by atoms with E-state index < -0.39 is 102 Å². The number of benzene rings is 7. The molecule has 338 valence electrons. The third-order valence-electron chi connectivity index (χ3n) is 12.0. The Bertz CT molecular complexity index is 4380. The van der Waals surface area contributed by atoms with Crippen molar-refractivity contribution in [3.63, 3.8) is 0 Å². The molecular formula is C62H52N4OPt-2. The van der Waals surface area contributed by atoms with E-state index in [2.05, 4.69) is 45.3 Å². The second kappa shape index (κ2) is 17.9. The largest absolute Gasteiger partial charge is 0.510 e. The molecule has 0 saturated heterocycles. The second-order valence-corrected chi connectivity index (χ2v) is 18.5. The van der Waals surface area contributed by atoms with Gasteiger partial charge in [0.05, 0.1) is 35.9 Å². The van der Waals surface area contributed by atoms with Crippen LogP contribution >= 0.6 is 0 Å². The predicted octanol–water partition coefficient (Wildman–Crippen LogP) is 15.1. The molecule has 0 radical (unpaired) electrons. The molecule has 10 aromatic rings. The minimum atomic E-state index is -1.61. The maximum Gasteiger partial charge on any atom is 0.268 e. The molecule has 68 heavy (non-hydrogen) atoms. The molecule has 0 fully saturated rings. The minimum Gasteiger partial charge on any atom is -0.510 e. The average molecular weight is 1080 g/mol. The second-order valence-electron chi connectivity index (χ2n) is 18.5. The zero-order valence-electron chi connectivity index (χ0n) is 53.0. The first-order valence-corrected chi connectivity index (χ1v) is 21.9. The van der Waals surface area contributed by atoms with Gasteiger partial charge in [-0.3, -0.25) is 4.57 Å². The third kappa shape index (κ3) is 8.35. The van der Waals surface area contributed by atoms with Crippen LogP contribution in [-0.2, 0) is 31.9 Å². The van der Waals surface area contributed by atoms with Gasteiger partial charge in [-0.15, -0.1) is 29.7 Å². The van der Waals surface area contributed by atoms with E-state index in [1.807, 2.05) is 67.8 Å². The summed E-state index contributed by atoms with van der Waals surface area (Å²) in [6.45, 7) is 12.1. The van der Waals surface area contributed by atoms with Gasteiger partial charge < -0.3 is 13.9 Å². The van der Waals surface area contributed by atoms with E-state index in [-0.39, 0.29) is 65.7 Å². The zero-order valence-corrected chi connectivity index (χ0v) is 40.3. The summed E-state index contributed by atoms with van der Waals surface area (Å²) in [4.78, 5) is 4.81. The van der Waals surface area contributed by atoms with Crippen LogP contribution < -0.4 is 9.30 Å². The van der Waals surface area contributed by atoms with Gasteiger partial charge in [0.15, 0.2) is 0 Å². The van der Waals surface area contributed by atoms with Crippen molar-refractivity contribution < 1.29 is 50.9 Å². The van der Waals surface area contributed by atoms with Gasteiger partial charge in [-0.25, -0.2) is 4.98 Å². The molecular weight excluding hydrogens is 1010 g/mol. The quantitative estimate of drug-likeness (QED) is 0.112. The Hall–Kier alpha value is -7.07. The Morgan fingerprint density at radius 3 is 2.22 bits per heavy atom. The van der Waals surface area contributed by atoms with Crippen LogP contribution in [0.25, 0.3) is 72.3 Å². The fourth-order valence-electron chi connectivity index (χ4n) is 8.56. The molecule has 1 aliphatic rings. The molecule has 0 saturated carbocycles. The number of pyridine rings is 1. The Labute approximate surface area is 435 Å². The van der Waals surface area contributed by atoms with Crippen LogP contribution in [0.3, 0.4) is 0 Å². The van der Waals surface area contributed by atoms with Gasteiger partial charge in [0.1, 0.15) is 5.82 Å². The summed E-state index contributed by atoms with van der Waals surface area (Å²) >= 11 is 0.